The summed E-state index contributed by atoms with van der Waals surface area (Å²) in [6.45, 7) is 2.65. The largest absolute Gasteiger partial charge is 0.416 e. The number of hydrogen-bond acceptors (Lipinski definition) is 3. The van der Waals surface area contributed by atoms with Crippen molar-refractivity contribution in [3.63, 3.8) is 0 Å². The molecule has 0 fully saturated rings. The van der Waals surface area contributed by atoms with Crippen LogP contribution in [0.15, 0.2) is 47.0 Å². The molecule has 140 valence electrons. The number of thioether (sulfide) groups is 1. The fourth-order valence-corrected chi connectivity index (χ4v) is 4.42. The summed E-state index contributed by atoms with van der Waals surface area (Å²) in [5, 5.41) is 0.217. The Balaban J connectivity index is 1.90. The summed E-state index contributed by atoms with van der Waals surface area (Å²) in [6.07, 6.45) is 3.21. The molecule has 3 nitrogen and oxygen atoms in total. The number of carbonyl (C=O) groups is 1. The molecule has 1 aromatic carbocycles. The molecule has 3 rings (SSSR count). The third kappa shape index (κ3) is 3.92. The van der Waals surface area contributed by atoms with Gasteiger partial charge >= 0.3 is 6.18 Å². The van der Waals surface area contributed by atoms with Crippen molar-refractivity contribution in [2.75, 3.05) is 25.0 Å². The molecule has 2 aliphatic rings. The number of benzene rings is 1. The van der Waals surface area contributed by atoms with E-state index in [1.165, 1.54) is 13.0 Å². The normalized spacial score (nSPS) is 18.9. The first-order valence-electron chi connectivity index (χ1n) is 8.51. The quantitative estimate of drug-likeness (QED) is 0.754. The standard InChI is InChI=1S/C19H21F3N2OS/c1-13(25)23(2)10-5-11-24-15-6-3-4-7-17(15)26-18-9-8-14(12-16(18)24)19(20,21)22/h3-4,6,8-9,12,17H,5,7,10-11H2,1-2H3. The molecule has 0 radical (unpaired) electrons. The number of rotatable bonds is 4. The third-order valence-corrected chi connectivity index (χ3v) is 5.97. The highest BCUT2D eigenvalue weighted by Gasteiger charge is 2.35. The summed E-state index contributed by atoms with van der Waals surface area (Å²) in [5.74, 6) is -0.0170. The molecule has 1 aliphatic heterocycles. The van der Waals surface area contributed by atoms with Gasteiger partial charge in [0.1, 0.15) is 0 Å². The second-order valence-corrected chi connectivity index (χ2v) is 7.73. The van der Waals surface area contributed by atoms with Crippen molar-refractivity contribution < 1.29 is 18.0 Å². The zero-order valence-corrected chi connectivity index (χ0v) is 15.5. The zero-order chi connectivity index (χ0) is 18.9. The lowest BCUT2D eigenvalue weighted by Gasteiger charge is -2.39. The molecule has 26 heavy (non-hydrogen) atoms. The predicted octanol–water partition coefficient (Wildman–Crippen LogP) is 4.70. The van der Waals surface area contributed by atoms with Crippen LogP contribution in [0.4, 0.5) is 18.9 Å². The van der Waals surface area contributed by atoms with Crippen molar-refractivity contribution in [2.45, 2.75) is 36.1 Å². The number of alkyl halides is 3. The van der Waals surface area contributed by atoms with E-state index in [9.17, 15) is 18.0 Å². The Morgan fingerprint density at radius 2 is 2.15 bits per heavy atom. The number of anilines is 1. The molecule has 0 N–H and O–H groups in total. The van der Waals surface area contributed by atoms with E-state index < -0.39 is 11.7 Å². The molecule has 0 aromatic heterocycles. The number of nitrogens with zero attached hydrogens (tertiary/aromatic N) is 2. The summed E-state index contributed by atoms with van der Waals surface area (Å²) >= 11 is 1.62. The molecule has 7 heteroatoms. The number of hydrogen-bond donors (Lipinski definition) is 0. The van der Waals surface area contributed by atoms with Gasteiger partial charge in [0, 0.05) is 37.7 Å². The van der Waals surface area contributed by atoms with Crippen molar-refractivity contribution in [3.05, 3.63) is 47.7 Å². The minimum Gasteiger partial charge on any atom is -0.346 e. The van der Waals surface area contributed by atoms with Crippen LogP contribution in [0, 0.1) is 0 Å². The zero-order valence-electron chi connectivity index (χ0n) is 14.7. The Morgan fingerprint density at radius 3 is 2.85 bits per heavy atom. The average molecular weight is 382 g/mol. The van der Waals surface area contributed by atoms with Crippen LogP contribution in [0.1, 0.15) is 25.3 Å². The Kier molecular flexibility index (Phi) is 5.37. The van der Waals surface area contributed by atoms with Crippen LogP contribution in [0.5, 0.6) is 0 Å². The summed E-state index contributed by atoms with van der Waals surface area (Å²) in [6, 6.07) is 3.97. The minimum absolute atomic E-state index is 0.0170. The van der Waals surface area contributed by atoms with Gasteiger partial charge in [0.2, 0.25) is 5.91 Å². The topological polar surface area (TPSA) is 23.6 Å². The van der Waals surface area contributed by atoms with Crippen molar-refractivity contribution in [1.29, 1.82) is 0 Å². The maximum absolute atomic E-state index is 13.2. The first-order valence-corrected chi connectivity index (χ1v) is 9.39. The van der Waals surface area contributed by atoms with Crippen LogP contribution in [-0.2, 0) is 11.0 Å². The monoisotopic (exact) mass is 382 g/mol. The van der Waals surface area contributed by atoms with Gasteiger partial charge in [0.25, 0.3) is 0 Å². The summed E-state index contributed by atoms with van der Waals surface area (Å²) in [7, 11) is 1.73. The fourth-order valence-electron chi connectivity index (χ4n) is 3.14. The van der Waals surface area contributed by atoms with Crippen LogP contribution in [-0.4, -0.2) is 36.2 Å². The highest BCUT2D eigenvalue weighted by molar-refractivity contribution is 8.00. The van der Waals surface area contributed by atoms with Gasteiger partial charge in [-0.25, -0.2) is 0 Å². The molecule has 1 aromatic rings. The summed E-state index contributed by atoms with van der Waals surface area (Å²) in [5.41, 5.74) is 1.01. The molecule has 0 saturated carbocycles. The van der Waals surface area contributed by atoms with E-state index >= 15 is 0 Å². The smallest absolute Gasteiger partial charge is 0.346 e. The van der Waals surface area contributed by atoms with E-state index in [-0.39, 0.29) is 11.2 Å². The number of halogens is 3. The van der Waals surface area contributed by atoms with E-state index in [1.807, 2.05) is 17.1 Å². The summed E-state index contributed by atoms with van der Waals surface area (Å²) < 4.78 is 39.5. The molecular weight excluding hydrogens is 361 g/mol. The van der Waals surface area contributed by atoms with E-state index in [1.54, 1.807) is 29.8 Å². The van der Waals surface area contributed by atoms with E-state index in [4.69, 9.17) is 0 Å². The Hall–Kier alpha value is -1.89. The predicted molar refractivity (Wildman–Crippen MR) is 98.2 cm³/mol. The second kappa shape index (κ2) is 7.39. The van der Waals surface area contributed by atoms with Crippen LogP contribution in [0.2, 0.25) is 0 Å². The lowest BCUT2D eigenvalue weighted by Crippen LogP contribution is -2.36. The lowest BCUT2D eigenvalue weighted by atomic mass is 10.1. The minimum atomic E-state index is -4.36. The Morgan fingerprint density at radius 1 is 1.38 bits per heavy atom. The molecular formula is C19H21F3N2OS. The molecule has 1 aliphatic carbocycles. The molecule has 1 heterocycles. The van der Waals surface area contributed by atoms with Gasteiger partial charge in [0.05, 0.1) is 16.5 Å². The fraction of sp³-hybridized carbons (Fsp3) is 0.421. The van der Waals surface area contributed by atoms with Gasteiger partial charge in [-0.15, -0.1) is 11.8 Å². The number of allylic oxidation sites excluding steroid dienone is 3. The van der Waals surface area contributed by atoms with Gasteiger partial charge in [-0.05, 0) is 37.1 Å². The highest BCUT2D eigenvalue weighted by atomic mass is 32.2. The van der Waals surface area contributed by atoms with Gasteiger partial charge in [0.15, 0.2) is 0 Å². The van der Waals surface area contributed by atoms with Gasteiger partial charge < -0.3 is 9.80 Å². The van der Waals surface area contributed by atoms with Crippen LogP contribution >= 0.6 is 11.8 Å². The first kappa shape index (κ1) is 18.9. The molecule has 1 atom stereocenters. The maximum atomic E-state index is 13.2. The third-order valence-electron chi connectivity index (χ3n) is 4.65. The SMILES string of the molecule is CC(=O)N(C)CCCN1C2=CC=CCC2Sc2ccc(C(F)(F)F)cc21. The molecule has 0 spiro atoms. The van der Waals surface area contributed by atoms with Gasteiger partial charge in [-0.2, -0.15) is 13.2 Å². The molecule has 0 saturated heterocycles. The lowest BCUT2D eigenvalue weighted by molar-refractivity contribution is -0.137. The van der Waals surface area contributed by atoms with E-state index in [2.05, 4.69) is 6.08 Å². The molecule has 1 unspecified atom stereocenters. The van der Waals surface area contributed by atoms with E-state index in [0.29, 0.717) is 25.2 Å². The maximum Gasteiger partial charge on any atom is 0.416 e. The van der Waals surface area contributed by atoms with Gasteiger partial charge in [-0.3, -0.25) is 4.79 Å². The van der Waals surface area contributed by atoms with Crippen LogP contribution < -0.4 is 4.90 Å². The van der Waals surface area contributed by atoms with Crippen molar-refractivity contribution in [2.24, 2.45) is 0 Å². The van der Waals surface area contributed by atoms with Crippen molar-refractivity contribution in [1.82, 2.24) is 4.90 Å². The Bertz CT molecular complexity index is 758. The highest BCUT2D eigenvalue weighted by Crippen LogP contribution is 2.47. The summed E-state index contributed by atoms with van der Waals surface area (Å²) in [4.78, 5) is 15.9. The number of amides is 1. The molecule has 0 bridgehead atoms. The van der Waals surface area contributed by atoms with Crippen LogP contribution in [0.3, 0.4) is 0 Å². The molecule has 1 amide bonds. The Labute approximate surface area is 155 Å². The number of carbonyl (C=O) groups excluding carboxylic acids is 1. The second-order valence-electron chi connectivity index (χ2n) is 6.49. The van der Waals surface area contributed by atoms with Gasteiger partial charge in [-0.1, -0.05) is 12.2 Å². The first-order chi connectivity index (χ1) is 12.3. The van der Waals surface area contributed by atoms with Crippen LogP contribution in [0.25, 0.3) is 0 Å². The number of fused-ring (bicyclic) bond motifs is 2. The van der Waals surface area contributed by atoms with Crippen molar-refractivity contribution in [3.8, 4) is 0 Å². The van der Waals surface area contributed by atoms with Crippen molar-refractivity contribution >= 4 is 23.4 Å². The average Bonchev–Trinajstić information content (AvgIpc) is 2.59. The van der Waals surface area contributed by atoms with E-state index in [0.717, 1.165) is 23.1 Å².